The maximum Gasteiger partial charge on any atom is 0.331 e. The highest BCUT2D eigenvalue weighted by atomic mass is 16.6. The van der Waals surface area contributed by atoms with Gasteiger partial charge in [0.15, 0.2) is 17.5 Å². The maximum absolute atomic E-state index is 13.0. The summed E-state index contributed by atoms with van der Waals surface area (Å²) < 4.78 is 33.9. The van der Waals surface area contributed by atoms with E-state index in [-0.39, 0.29) is 42.2 Å². The number of ether oxygens (including phenoxy) is 6. The minimum Gasteiger partial charge on any atom is -0.493 e. The number of carbonyl (C=O) groups is 3. The van der Waals surface area contributed by atoms with Crippen molar-refractivity contribution in [1.29, 1.82) is 0 Å². The summed E-state index contributed by atoms with van der Waals surface area (Å²) in [4.78, 5) is 41.6. The van der Waals surface area contributed by atoms with Gasteiger partial charge in [0, 0.05) is 32.4 Å². The number of nitrogens with zero attached hydrogens (tertiary/aromatic N) is 1. The highest BCUT2D eigenvalue weighted by Crippen LogP contribution is 2.29. The van der Waals surface area contributed by atoms with E-state index in [4.69, 9.17) is 28.4 Å². The van der Waals surface area contributed by atoms with Crippen LogP contribution in [0.15, 0.2) is 12.3 Å². The van der Waals surface area contributed by atoms with Gasteiger partial charge in [-0.2, -0.15) is 0 Å². The fourth-order valence-electron chi connectivity index (χ4n) is 3.43. The molecule has 1 aliphatic heterocycles. The highest BCUT2D eigenvalue weighted by Gasteiger charge is 2.37. The molecule has 4 atom stereocenters. The van der Waals surface area contributed by atoms with E-state index in [2.05, 4.69) is 10.3 Å². The molecule has 1 saturated heterocycles. The summed E-state index contributed by atoms with van der Waals surface area (Å²) in [6.07, 6.45) is -0.367. The molecule has 2 rings (SSSR count). The van der Waals surface area contributed by atoms with Crippen molar-refractivity contribution >= 4 is 17.8 Å². The van der Waals surface area contributed by atoms with Gasteiger partial charge in [0.2, 0.25) is 5.75 Å². The predicted molar refractivity (Wildman–Crippen MR) is 129 cm³/mol. The third-order valence-electron chi connectivity index (χ3n) is 5.10. The lowest BCUT2D eigenvalue weighted by Crippen LogP contribution is -2.47. The van der Waals surface area contributed by atoms with Crippen LogP contribution in [-0.2, 0) is 28.5 Å². The fraction of sp³-hybridized carbons (Fsp3) is 0.680. The zero-order chi connectivity index (χ0) is 26.8. The van der Waals surface area contributed by atoms with Gasteiger partial charge in [0.25, 0.3) is 5.91 Å². The molecule has 0 saturated carbocycles. The van der Waals surface area contributed by atoms with E-state index < -0.39 is 42.2 Å². The monoisotopic (exact) mass is 510 g/mol. The number of esters is 2. The van der Waals surface area contributed by atoms with Crippen LogP contribution in [-0.4, -0.2) is 80.7 Å². The summed E-state index contributed by atoms with van der Waals surface area (Å²) in [5.74, 6) is -1.58. The Hall–Kier alpha value is -2.76. The van der Waals surface area contributed by atoms with Gasteiger partial charge in [-0.1, -0.05) is 27.7 Å². The highest BCUT2D eigenvalue weighted by molar-refractivity contribution is 5.98. The lowest BCUT2D eigenvalue weighted by Gasteiger charge is -2.31. The van der Waals surface area contributed by atoms with Gasteiger partial charge >= 0.3 is 11.9 Å². The zero-order valence-electron chi connectivity index (χ0n) is 22.1. The number of amides is 1. The molecule has 1 aliphatic rings. The number of hydrogen-bond donors (Lipinski definition) is 1. The van der Waals surface area contributed by atoms with Crippen LogP contribution in [0, 0.1) is 11.8 Å². The van der Waals surface area contributed by atoms with Crippen molar-refractivity contribution in [3.8, 4) is 11.5 Å². The van der Waals surface area contributed by atoms with Crippen LogP contribution in [0.4, 0.5) is 0 Å². The molecular formula is C25H38N2O9. The van der Waals surface area contributed by atoms with Gasteiger partial charge in [0.1, 0.15) is 18.3 Å². The normalized spacial score (nSPS) is 22.9. The number of carbonyl (C=O) groups excluding carboxylic acids is 3. The van der Waals surface area contributed by atoms with Crippen LogP contribution in [0.3, 0.4) is 0 Å². The Kier molecular flexibility index (Phi) is 11.5. The second kappa shape index (κ2) is 14.1. The van der Waals surface area contributed by atoms with Gasteiger partial charge in [0.05, 0.1) is 20.3 Å². The topological polar surface area (TPSA) is 132 Å². The number of rotatable bonds is 10. The van der Waals surface area contributed by atoms with Crippen molar-refractivity contribution in [3.05, 3.63) is 18.0 Å². The minimum absolute atomic E-state index is 0.138. The summed E-state index contributed by atoms with van der Waals surface area (Å²) in [6, 6.07) is 0.301. The van der Waals surface area contributed by atoms with Gasteiger partial charge in [-0.25, -0.2) is 9.78 Å². The molecule has 1 aromatic heterocycles. The molecule has 0 aliphatic carbocycles. The number of methoxy groups -OCH3 is 1. The molecular weight excluding hydrogens is 472 g/mol. The van der Waals surface area contributed by atoms with Crippen LogP contribution < -0.4 is 14.8 Å². The zero-order valence-corrected chi connectivity index (χ0v) is 22.1. The van der Waals surface area contributed by atoms with Gasteiger partial charge in [-0.05, 0) is 18.8 Å². The summed E-state index contributed by atoms with van der Waals surface area (Å²) in [6.45, 7) is 11.9. The Labute approximate surface area is 212 Å². The van der Waals surface area contributed by atoms with Gasteiger partial charge < -0.3 is 33.7 Å². The fourth-order valence-corrected chi connectivity index (χ4v) is 3.43. The van der Waals surface area contributed by atoms with E-state index in [1.54, 1.807) is 6.92 Å². The van der Waals surface area contributed by atoms with E-state index >= 15 is 0 Å². The molecule has 1 N–H and O–H groups in total. The first-order valence-corrected chi connectivity index (χ1v) is 12.1. The van der Waals surface area contributed by atoms with Gasteiger partial charge in [-0.3, -0.25) is 9.59 Å². The summed E-state index contributed by atoms with van der Waals surface area (Å²) in [5.41, 5.74) is -0.221. The molecule has 2 heterocycles. The van der Waals surface area contributed by atoms with Crippen LogP contribution in [0.2, 0.25) is 0 Å². The third kappa shape index (κ3) is 8.72. The molecule has 0 unspecified atom stereocenters. The Balaban J connectivity index is 2.23. The largest absolute Gasteiger partial charge is 0.493 e. The van der Waals surface area contributed by atoms with Crippen LogP contribution in [0.25, 0.3) is 0 Å². The Morgan fingerprint density at radius 2 is 1.81 bits per heavy atom. The first-order valence-electron chi connectivity index (χ1n) is 12.1. The smallest absolute Gasteiger partial charge is 0.331 e. The molecule has 1 fully saturated rings. The molecule has 0 spiro atoms. The summed E-state index contributed by atoms with van der Waals surface area (Å²) >= 11 is 0. The van der Waals surface area contributed by atoms with E-state index in [0.29, 0.717) is 13.2 Å². The van der Waals surface area contributed by atoms with Crippen molar-refractivity contribution in [1.82, 2.24) is 10.3 Å². The van der Waals surface area contributed by atoms with E-state index in [1.807, 2.05) is 27.7 Å². The number of pyridine rings is 1. The number of hydrogen-bond acceptors (Lipinski definition) is 10. The second-order valence-corrected chi connectivity index (χ2v) is 9.45. The maximum atomic E-state index is 13.0. The van der Waals surface area contributed by atoms with E-state index in [9.17, 15) is 14.4 Å². The van der Waals surface area contributed by atoms with Gasteiger partial charge in [-0.15, -0.1) is 0 Å². The molecule has 36 heavy (non-hydrogen) atoms. The lowest BCUT2D eigenvalue weighted by atomic mass is 10.1. The van der Waals surface area contributed by atoms with E-state index in [0.717, 1.165) is 0 Å². The average molecular weight is 511 g/mol. The minimum atomic E-state index is -1.15. The van der Waals surface area contributed by atoms with Crippen molar-refractivity contribution in [3.63, 3.8) is 0 Å². The average Bonchev–Trinajstić information content (AvgIpc) is 2.85. The van der Waals surface area contributed by atoms with Crippen LogP contribution in [0.1, 0.15) is 52.0 Å². The van der Waals surface area contributed by atoms with Crippen molar-refractivity contribution in [2.24, 2.45) is 11.8 Å². The lowest BCUT2D eigenvalue weighted by molar-refractivity contribution is -0.170. The Bertz CT molecular complexity index is 890. The summed E-state index contributed by atoms with van der Waals surface area (Å²) in [5, 5.41) is 2.57. The molecule has 1 aromatic rings. The first kappa shape index (κ1) is 29.5. The van der Waals surface area contributed by atoms with Crippen molar-refractivity contribution in [2.45, 2.75) is 65.9 Å². The first-order chi connectivity index (χ1) is 17.0. The number of aromatic nitrogens is 1. The summed E-state index contributed by atoms with van der Waals surface area (Å²) in [7, 11) is 1.37. The number of cyclic esters (lactones) is 1. The van der Waals surface area contributed by atoms with Crippen molar-refractivity contribution < 1.29 is 42.8 Å². The second-order valence-electron chi connectivity index (χ2n) is 9.45. The van der Waals surface area contributed by atoms with Crippen LogP contribution in [0.5, 0.6) is 11.5 Å². The molecule has 202 valence electrons. The standard InChI is InChI=1S/C25H38N2O9/c1-14(2)10-33-20-13-32-12-18(25(30)35-16(5)22(20)34-11-15(3)4)27-24(29)21-23(36-17(6)28)19(31-7)8-9-26-21/h8-9,14-16,18,20,22H,10-13H2,1-7H3,(H,27,29)/t16-,18-,20-,22-/m0/s1. The third-order valence-corrected chi connectivity index (χ3v) is 5.10. The van der Waals surface area contributed by atoms with Crippen LogP contribution >= 0.6 is 0 Å². The predicted octanol–water partition coefficient (Wildman–Crippen LogP) is 2.16. The molecule has 11 heteroatoms. The Morgan fingerprint density at radius 1 is 1.14 bits per heavy atom. The molecule has 0 bridgehead atoms. The molecule has 1 amide bonds. The molecule has 0 aromatic carbocycles. The Morgan fingerprint density at radius 3 is 2.42 bits per heavy atom. The quantitative estimate of drug-likeness (QED) is 0.467. The van der Waals surface area contributed by atoms with Crippen molar-refractivity contribution in [2.75, 3.05) is 33.5 Å². The van der Waals surface area contributed by atoms with E-state index in [1.165, 1.54) is 26.3 Å². The molecule has 11 nitrogen and oxygen atoms in total. The molecule has 0 radical (unpaired) electrons. The SMILES string of the molecule is COc1ccnc(C(=O)N[C@H]2COC[C@H](OCC(C)C)[C@@H](OCC(C)C)[C@H](C)OC2=O)c1OC(C)=O. The number of nitrogens with one attached hydrogen (secondary N) is 1.